The average molecular weight is 213 g/mol. The third kappa shape index (κ3) is 2.64. The normalized spacial score (nSPS) is 10.7. The molecule has 0 atom stereocenters. The first-order chi connectivity index (χ1) is 7.36. The molecule has 0 aliphatic carbocycles. The topological polar surface area (TPSA) is 4.93 Å². The molecule has 0 N–H and O–H groups in total. The first-order valence-corrected chi connectivity index (χ1v) is 5.17. The fourth-order valence-electron chi connectivity index (χ4n) is 1.29. The molecule has 1 heterocycles. The largest absolute Gasteiger partial charge is 0.315 e. The number of hydrogen-bond donors (Lipinski definition) is 0. The van der Waals surface area contributed by atoms with Gasteiger partial charge in [-0.3, -0.25) is 0 Å². The summed E-state index contributed by atoms with van der Waals surface area (Å²) >= 11 is 5.18. The number of rotatable bonds is 2. The van der Waals surface area contributed by atoms with E-state index in [9.17, 15) is 0 Å². The minimum atomic E-state index is 0.810. The standard InChI is InChI=1S/C13H11NS/c15-13-8-4-5-10-14(13)11-9-12-6-2-1-3-7-12/h1-11H. The molecule has 0 fully saturated rings. The molecule has 0 bridgehead atoms. The summed E-state index contributed by atoms with van der Waals surface area (Å²) in [4.78, 5) is 0. The molecule has 0 spiro atoms. The second-order valence-electron chi connectivity index (χ2n) is 3.17. The molecule has 2 heteroatoms. The summed E-state index contributed by atoms with van der Waals surface area (Å²) in [7, 11) is 0. The van der Waals surface area contributed by atoms with E-state index in [1.54, 1.807) is 0 Å². The van der Waals surface area contributed by atoms with Gasteiger partial charge in [-0.2, -0.15) is 0 Å². The van der Waals surface area contributed by atoms with E-state index < -0.39 is 0 Å². The van der Waals surface area contributed by atoms with Gasteiger partial charge in [-0.25, -0.2) is 0 Å². The molecule has 0 aliphatic heterocycles. The molecular weight excluding hydrogens is 202 g/mol. The first kappa shape index (κ1) is 9.87. The summed E-state index contributed by atoms with van der Waals surface area (Å²) < 4.78 is 2.73. The van der Waals surface area contributed by atoms with E-state index in [1.165, 1.54) is 5.56 Å². The molecule has 0 aliphatic rings. The van der Waals surface area contributed by atoms with E-state index in [2.05, 4.69) is 12.1 Å². The van der Waals surface area contributed by atoms with Gasteiger partial charge in [0.2, 0.25) is 0 Å². The van der Waals surface area contributed by atoms with Crippen molar-refractivity contribution in [2.75, 3.05) is 0 Å². The minimum absolute atomic E-state index is 0.810. The molecule has 0 saturated heterocycles. The predicted octanol–water partition coefficient (Wildman–Crippen LogP) is 3.85. The van der Waals surface area contributed by atoms with Crippen molar-refractivity contribution in [3.63, 3.8) is 0 Å². The molecule has 0 unspecified atom stereocenters. The summed E-state index contributed by atoms with van der Waals surface area (Å²) in [5, 5.41) is 0. The Hall–Kier alpha value is -1.67. The van der Waals surface area contributed by atoms with Crippen LogP contribution in [0.25, 0.3) is 12.3 Å². The number of aromatic nitrogens is 1. The van der Waals surface area contributed by atoms with E-state index in [-0.39, 0.29) is 0 Å². The Morgan fingerprint density at radius 1 is 0.933 bits per heavy atom. The van der Waals surface area contributed by atoms with Crippen LogP contribution in [0.4, 0.5) is 0 Å². The first-order valence-electron chi connectivity index (χ1n) is 4.77. The highest BCUT2D eigenvalue weighted by atomic mass is 32.1. The zero-order chi connectivity index (χ0) is 10.5. The van der Waals surface area contributed by atoms with Gasteiger partial charge in [0, 0.05) is 12.4 Å². The Kier molecular flexibility index (Phi) is 3.10. The minimum Gasteiger partial charge on any atom is -0.315 e. The zero-order valence-corrected chi connectivity index (χ0v) is 9.02. The van der Waals surface area contributed by atoms with Gasteiger partial charge in [-0.1, -0.05) is 48.6 Å². The Morgan fingerprint density at radius 2 is 1.67 bits per heavy atom. The summed E-state index contributed by atoms with van der Waals surface area (Å²) in [6, 6.07) is 16.0. The lowest BCUT2D eigenvalue weighted by Crippen LogP contribution is -1.86. The maximum atomic E-state index is 5.18. The second-order valence-corrected chi connectivity index (χ2v) is 3.59. The Bertz CT molecular complexity index is 511. The van der Waals surface area contributed by atoms with Crippen molar-refractivity contribution >= 4 is 24.5 Å². The molecule has 2 rings (SSSR count). The maximum absolute atomic E-state index is 5.18. The van der Waals surface area contributed by atoms with Crippen molar-refractivity contribution in [2.45, 2.75) is 0 Å². The number of hydrogen-bond acceptors (Lipinski definition) is 1. The van der Waals surface area contributed by atoms with Crippen molar-refractivity contribution in [1.29, 1.82) is 0 Å². The monoisotopic (exact) mass is 213 g/mol. The van der Waals surface area contributed by atoms with Gasteiger partial charge >= 0.3 is 0 Å². The molecule has 1 aromatic carbocycles. The van der Waals surface area contributed by atoms with Crippen LogP contribution in [0.1, 0.15) is 5.56 Å². The van der Waals surface area contributed by atoms with Gasteiger partial charge < -0.3 is 4.57 Å². The highest BCUT2D eigenvalue weighted by Gasteiger charge is 1.85. The number of pyridine rings is 1. The van der Waals surface area contributed by atoms with Crippen molar-refractivity contribution < 1.29 is 0 Å². The second kappa shape index (κ2) is 4.71. The molecule has 2 aromatic rings. The van der Waals surface area contributed by atoms with E-state index in [0.29, 0.717) is 0 Å². The fraction of sp³-hybridized carbons (Fsp3) is 0. The predicted molar refractivity (Wildman–Crippen MR) is 66.9 cm³/mol. The lowest BCUT2D eigenvalue weighted by atomic mass is 10.2. The Morgan fingerprint density at radius 3 is 2.40 bits per heavy atom. The Balaban J connectivity index is 2.27. The zero-order valence-electron chi connectivity index (χ0n) is 8.21. The van der Waals surface area contributed by atoms with Crippen molar-refractivity contribution in [3.05, 3.63) is 64.9 Å². The van der Waals surface area contributed by atoms with Crippen LogP contribution >= 0.6 is 12.2 Å². The van der Waals surface area contributed by atoms with Gasteiger partial charge in [0.05, 0.1) is 0 Å². The molecule has 15 heavy (non-hydrogen) atoms. The number of nitrogens with zero attached hydrogens (tertiary/aromatic N) is 1. The quantitative estimate of drug-likeness (QED) is 0.686. The van der Waals surface area contributed by atoms with Crippen LogP contribution < -0.4 is 0 Å². The fourth-order valence-corrected chi connectivity index (χ4v) is 1.49. The molecular formula is C13H11NS. The molecule has 1 nitrogen and oxygen atoms in total. The van der Waals surface area contributed by atoms with Crippen LogP contribution in [0.15, 0.2) is 54.7 Å². The number of benzene rings is 1. The summed E-state index contributed by atoms with van der Waals surface area (Å²) in [5.41, 5.74) is 1.17. The van der Waals surface area contributed by atoms with Crippen molar-refractivity contribution in [1.82, 2.24) is 4.57 Å². The van der Waals surface area contributed by atoms with Gasteiger partial charge in [0.1, 0.15) is 4.64 Å². The molecule has 0 radical (unpaired) electrons. The van der Waals surface area contributed by atoms with Crippen molar-refractivity contribution in [2.24, 2.45) is 0 Å². The SMILES string of the molecule is S=c1ccccn1C=Cc1ccccc1. The molecule has 0 saturated carbocycles. The van der Waals surface area contributed by atoms with Gasteiger partial charge in [0.25, 0.3) is 0 Å². The highest BCUT2D eigenvalue weighted by Crippen LogP contribution is 2.03. The summed E-state index contributed by atoms with van der Waals surface area (Å²) in [6.07, 6.45) is 5.95. The lowest BCUT2D eigenvalue weighted by Gasteiger charge is -1.98. The van der Waals surface area contributed by atoms with Crippen LogP contribution in [-0.4, -0.2) is 4.57 Å². The average Bonchev–Trinajstić information content (AvgIpc) is 2.29. The summed E-state index contributed by atoms with van der Waals surface area (Å²) in [5.74, 6) is 0. The van der Waals surface area contributed by atoms with Crippen molar-refractivity contribution in [3.8, 4) is 0 Å². The van der Waals surface area contributed by atoms with Crippen LogP contribution in [-0.2, 0) is 0 Å². The summed E-state index contributed by atoms with van der Waals surface area (Å²) in [6.45, 7) is 0. The van der Waals surface area contributed by atoms with Gasteiger partial charge in [-0.05, 0) is 23.8 Å². The van der Waals surface area contributed by atoms with E-state index in [1.807, 2.05) is 59.4 Å². The van der Waals surface area contributed by atoms with Gasteiger partial charge in [0.15, 0.2) is 0 Å². The molecule has 1 aromatic heterocycles. The lowest BCUT2D eigenvalue weighted by molar-refractivity contribution is 1.11. The van der Waals surface area contributed by atoms with Crippen LogP contribution in [0, 0.1) is 4.64 Å². The Labute approximate surface area is 94.3 Å². The van der Waals surface area contributed by atoms with E-state index >= 15 is 0 Å². The third-order valence-electron chi connectivity index (χ3n) is 2.08. The smallest absolute Gasteiger partial charge is 0.109 e. The highest BCUT2D eigenvalue weighted by molar-refractivity contribution is 7.71. The third-order valence-corrected chi connectivity index (χ3v) is 2.43. The van der Waals surface area contributed by atoms with E-state index in [4.69, 9.17) is 12.2 Å². The van der Waals surface area contributed by atoms with Crippen LogP contribution in [0.3, 0.4) is 0 Å². The maximum Gasteiger partial charge on any atom is 0.109 e. The van der Waals surface area contributed by atoms with Crippen LogP contribution in [0.5, 0.6) is 0 Å². The molecule has 74 valence electrons. The van der Waals surface area contributed by atoms with Crippen LogP contribution in [0.2, 0.25) is 0 Å². The molecule has 0 amide bonds. The van der Waals surface area contributed by atoms with E-state index in [0.717, 1.165) is 4.64 Å². The van der Waals surface area contributed by atoms with Gasteiger partial charge in [-0.15, -0.1) is 0 Å².